The van der Waals surface area contributed by atoms with Crippen molar-refractivity contribution >= 4 is 11.7 Å². The largest absolute Gasteiger partial charge is 0.507 e. The van der Waals surface area contributed by atoms with Gasteiger partial charge < -0.3 is 10.2 Å². The van der Waals surface area contributed by atoms with Gasteiger partial charge in [-0.15, -0.1) is 0 Å². The summed E-state index contributed by atoms with van der Waals surface area (Å²) in [5.41, 5.74) is -11.3. The summed E-state index contributed by atoms with van der Waals surface area (Å²) < 4.78 is 85.1. The Kier molecular flexibility index (Phi) is 5.02. The Morgan fingerprint density at radius 1 is 1.00 bits per heavy atom. The molecule has 0 amide bonds. The predicted octanol–water partition coefficient (Wildman–Crippen LogP) is 4.52. The van der Waals surface area contributed by atoms with Crippen molar-refractivity contribution in [2.45, 2.75) is 17.8 Å². The fourth-order valence-electron chi connectivity index (χ4n) is 2.46. The molecule has 150 valence electrons. The van der Waals surface area contributed by atoms with Crippen LogP contribution in [0, 0.1) is 10.1 Å². The first-order valence-electron chi connectivity index (χ1n) is 7.18. The first-order chi connectivity index (χ1) is 12.7. The van der Waals surface area contributed by atoms with E-state index in [0.29, 0.717) is 24.3 Å². The van der Waals surface area contributed by atoms with Crippen LogP contribution in [0.2, 0.25) is 0 Å². The van der Waals surface area contributed by atoms with Gasteiger partial charge in [0.15, 0.2) is 0 Å². The standard InChI is InChI=1S/C16H9F6NO5/c17-14(16(20,21)22,9-2-1-3-10(7-9)23(27)28)15(18,19)11-6-8(13(25)26)4-5-12(11)24/h1-7,24H,(H,25,26). The highest BCUT2D eigenvalue weighted by Gasteiger charge is 2.73. The minimum Gasteiger partial charge on any atom is -0.507 e. The Morgan fingerprint density at radius 2 is 1.61 bits per heavy atom. The number of nitro benzene ring substituents is 1. The number of nitrogens with zero attached hydrogens (tertiary/aromatic N) is 1. The number of carboxylic acids is 1. The van der Waals surface area contributed by atoms with E-state index in [2.05, 4.69) is 0 Å². The van der Waals surface area contributed by atoms with Crippen molar-refractivity contribution in [2.75, 3.05) is 0 Å². The summed E-state index contributed by atoms with van der Waals surface area (Å²) in [6.45, 7) is 0. The number of halogens is 6. The first-order valence-corrected chi connectivity index (χ1v) is 7.18. The van der Waals surface area contributed by atoms with Gasteiger partial charge in [-0.3, -0.25) is 10.1 Å². The van der Waals surface area contributed by atoms with Gasteiger partial charge in [-0.05, 0) is 18.2 Å². The molecule has 0 fully saturated rings. The number of alkyl halides is 6. The van der Waals surface area contributed by atoms with E-state index in [9.17, 15) is 42.0 Å². The lowest BCUT2D eigenvalue weighted by molar-refractivity contribution is -0.385. The Hall–Kier alpha value is -3.31. The van der Waals surface area contributed by atoms with Crippen LogP contribution in [-0.2, 0) is 11.6 Å². The van der Waals surface area contributed by atoms with Crippen LogP contribution in [0.1, 0.15) is 21.5 Å². The summed E-state index contributed by atoms with van der Waals surface area (Å²) in [4.78, 5) is 20.4. The molecule has 2 aromatic carbocycles. The highest BCUT2D eigenvalue weighted by atomic mass is 19.4. The molecule has 1 unspecified atom stereocenters. The van der Waals surface area contributed by atoms with Gasteiger partial charge in [0, 0.05) is 17.7 Å². The number of rotatable bonds is 5. The lowest BCUT2D eigenvalue weighted by Crippen LogP contribution is -2.51. The molecule has 2 rings (SSSR count). The van der Waals surface area contributed by atoms with Gasteiger partial charge in [0.2, 0.25) is 0 Å². The van der Waals surface area contributed by atoms with Crippen molar-refractivity contribution in [3.63, 3.8) is 0 Å². The van der Waals surface area contributed by atoms with Crippen LogP contribution in [0.5, 0.6) is 5.75 Å². The minimum absolute atomic E-state index is 0.00487. The second-order valence-corrected chi connectivity index (χ2v) is 5.58. The van der Waals surface area contributed by atoms with Crippen LogP contribution in [0.25, 0.3) is 0 Å². The highest BCUT2D eigenvalue weighted by Crippen LogP contribution is 2.58. The molecule has 2 aromatic rings. The summed E-state index contributed by atoms with van der Waals surface area (Å²) in [5.74, 6) is -8.86. The zero-order chi connectivity index (χ0) is 21.5. The minimum atomic E-state index is -6.29. The van der Waals surface area contributed by atoms with Crippen molar-refractivity contribution in [1.82, 2.24) is 0 Å². The third kappa shape index (κ3) is 3.21. The number of hydrogen-bond acceptors (Lipinski definition) is 4. The molecule has 6 nitrogen and oxygen atoms in total. The predicted molar refractivity (Wildman–Crippen MR) is 80.9 cm³/mol. The smallest absolute Gasteiger partial charge is 0.433 e. The lowest BCUT2D eigenvalue weighted by Gasteiger charge is -2.35. The molecule has 0 aliphatic heterocycles. The van der Waals surface area contributed by atoms with Crippen molar-refractivity contribution in [3.8, 4) is 5.75 Å². The summed E-state index contributed by atoms with van der Waals surface area (Å²) >= 11 is 0. The number of benzene rings is 2. The average Bonchev–Trinajstić information content (AvgIpc) is 2.59. The zero-order valence-corrected chi connectivity index (χ0v) is 13.4. The molecule has 12 heteroatoms. The van der Waals surface area contributed by atoms with Crippen LogP contribution >= 0.6 is 0 Å². The van der Waals surface area contributed by atoms with Crippen LogP contribution in [0.15, 0.2) is 42.5 Å². The van der Waals surface area contributed by atoms with Crippen molar-refractivity contribution < 1.29 is 46.3 Å². The molecule has 2 N–H and O–H groups in total. The third-order valence-corrected chi connectivity index (χ3v) is 3.86. The number of carboxylic acid groups (broad SMARTS) is 1. The molecule has 0 aliphatic carbocycles. The number of phenols is 1. The maximum Gasteiger partial charge on any atom is 0.433 e. The van der Waals surface area contributed by atoms with Crippen LogP contribution in [-0.4, -0.2) is 27.3 Å². The third-order valence-electron chi connectivity index (χ3n) is 3.86. The van der Waals surface area contributed by atoms with Gasteiger partial charge >= 0.3 is 18.1 Å². The first kappa shape index (κ1) is 21.0. The van der Waals surface area contributed by atoms with Gasteiger partial charge in [0.1, 0.15) is 5.75 Å². The number of aromatic hydroxyl groups is 1. The zero-order valence-electron chi connectivity index (χ0n) is 13.4. The van der Waals surface area contributed by atoms with E-state index in [4.69, 9.17) is 5.11 Å². The molecule has 0 spiro atoms. The Bertz CT molecular complexity index is 945. The van der Waals surface area contributed by atoms with Gasteiger partial charge in [0.25, 0.3) is 11.4 Å². The maximum absolute atomic E-state index is 15.1. The number of carbonyl (C=O) groups is 1. The molecule has 0 saturated heterocycles. The number of phenolic OH excluding ortho intramolecular Hbond substituents is 1. The Morgan fingerprint density at radius 3 is 2.11 bits per heavy atom. The second-order valence-electron chi connectivity index (χ2n) is 5.58. The molecule has 0 heterocycles. The fraction of sp³-hybridized carbons (Fsp3) is 0.188. The van der Waals surface area contributed by atoms with E-state index in [1.807, 2.05) is 0 Å². The van der Waals surface area contributed by atoms with Crippen molar-refractivity contribution in [2.24, 2.45) is 0 Å². The van der Waals surface area contributed by atoms with Crippen LogP contribution in [0.4, 0.5) is 32.0 Å². The number of non-ortho nitro benzene ring substituents is 1. The Balaban J connectivity index is 2.82. The molecular formula is C16H9F6NO5. The SMILES string of the molecule is O=C(O)c1ccc(O)c(C(F)(F)C(F)(c2cccc([N+](=O)[O-])c2)C(F)(F)F)c1. The summed E-state index contributed by atoms with van der Waals surface area (Å²) in [5, 5.41) is 29.1. The van der Waals surface area contributed by atoms with Gasteiger partial charge in [-0.2, -0.15) is 22.0 Å². The summed E-state index contributed by atoms with van der Waals surface area (Å²) in [6, 6.07) is 2.49. The van der Waals surface area contributed by atoms with Gasteiger partial charge in [0.05, 0.1) is 16.1 Å². The molecule has 0 bridgehead atoms. The van der Waals surface area contributed by atoms with E-state index in [1.54, 1.807) is 0 Å². The molecule has 0 aromatic heterocycles. The van der Waals surface area contributed by atoms with Gasteiger partial charge in [-0.1, -0.05) is 12.1 Å². The quantitative estimate of drug-likeness (QED) is 0.430. The van der Waals surface area contributed by atoms with Gasteiger partial charge in [-0.25, -0.2) is 9.18 Å². The Labute approximate surface area is 151 Å². The van der Waals surface area contributed by atoms with Crippen molar-refractivity contribution in [1.29, 1.82) is 0 Å². The van der Waals surface area contributed by atoms with E-state index < -0.39 is 56.8 Å². The molecule has 0 saturated carbocycles. The van der Waals surface area contributed by atoms with E-state index in [1.165, 1.54) is 0 Å². The van der Waals surface area contributed by atoms with E-state index >= 15 is 4.39 Å². The lowest BCUT2D eigenvalue weighted by atomic mass is 9.83. The number of nitro groups is 1. The summed E-state index contributed by atoms with van der Waals surface area (Å²) in [6.07, 6.45) is -6.29. The fourth-order valence-corrected chi connectivity index (χ4v) is 2.46. The normalized spacial score (nSPS) is 14.4. The van der Waals surface area contributed by atoms with Crippen molar-refractivity contribution in [3.05, 3.63) is 69.3 Å². The molecule has 1 atom stereocenters. The average molecular weight is 409 g/mol. The number of hydrogen-bond donors (Lipinski definition) is 2. The van der Waals surface area contributed by atoms with E-state index in [-0.39, 0.29) is 18.2 Å². The van der Waals surface area contributed by atoms with Crippen LogP contribution in [0.3, 0.4) is 0 Å². The maximum atomic E-state index is 15.1. The highest BCUT2D eigenvalue weighted by molar-refractivity contribution is 5.88. The van der Waals surface area contributed by atoms with E-state index in [0.717, 1.165) is 0 Å². The second kappa shape index (κ2) is 6.69. The monoisotopic (exact) mass is 409 g/mol. The molecule has 0 radical (unpaired) electrons. The number of aromatic carboxylic acids is 1. The molecule has 0 aliphatic rings. The van der Waals surface area contributed by atoms with Crippen LogP contribution < -0.4 is 0 Å². The topological polar surface area (TPSA) is 101 Å². The molecule has 28 heavy (non-hydrogen) atoms. The molecular weight excluding hydrogens is 400 g/mol. The summed E-state index contributed by atoms with van der Waals surface area (Å²) in [7, 11) is 0.